The molecule has 1 saturated heterocycles. The number of aromatic amines is 1. The van der Waals surface area contributed by atoms with Crippen molar-refractivity contribution in [1.29, 1.82) is 0 Å². The third-order valence-electron chi connectivity index (χ3n) is 5.90. The molecule has 0 spiro atoms. The average molecular weight is 529 g/mol. The molecule has 5 rings (SSSR count). The van der Waals surface area contributed by atoms with Crippen LogP contribution in [-0.4, -0.2) is 69.6 Å². The van der Waals surface area contributed by atoms with E-state index in [4.69, 9.17) is 17.3 Å². The standard InChI is InChI=1S/C22H21ClN8O4S/c23-15-4-5-17-18(10-15)28-22(27-17)36(34,35)30-8-6-29(7-9-30)21(32)20-25-12-14(13-26-20)19-3-1-2-16(11-24)31(19)33/h1-5,10,12-13H,6-9,11,24H2,(H,27,28). The molecule has 1 aliphatic heterocycles. The number of pyridine rings is 1. The van der Waals surface area contributed by atoms with E-state index in [0.29, 0.717) is 37.7 Å². The van der Waals surface area contributed by atoms with Crippen LogP contribution < -0.4 is 10.5 Å². The Bertz CT molecular complexity index is 1550. The number of sulfonamides is 1. The number of benzene rings is 1. The van der Waals surface area contributed by atoms with Gasteiger partial charge >= 0.3 is 0 Å². The van der Waals surface area contributed by atoms with Crippen LogP contribution in [0.3, 0.4) is 0 Å². The van der Waals surface area contributed by atoms with Crippen LogP contribution in [0.4, 0.5) is 0 Å². The first kappa shape index (κ1) is 24.1. The Balaban J connectivity index is 1.27. The Kier molecular flexibility index (Phi) is 6.30. The summed E-state index contributed by atoms with van der Waals surface area (Å²) in [6, 6.07) is 9.84. The van der Waals surface area contributed by atoms with Crippen molar-refractivity contribution in [3.05, 3.63) is 70.5 Å². The van der Waals surface area contributed by atoms with Crippen LogP contribution >= 0.6 is 11.6 Å². The third-order valence-corrected chi connectivity index (χ3v) is 7.87. The van der Waals surface area contributed by atoms with E-state index in [1.54, 1.807) is 36.4 Å². The third kappa shape index (κ3) is 4.37. The summed E-state index contributed by atoms with van der Waals surface area (Å²) in [5.74, 6) is -0.473. The van der Waals surface area contributed by atoms with Crippen LogP contribution in [-0.2, 0) is 16.6 Å². The van der Waals surface area contributed by atoms with Crippen LogP contribution in [0.1, 0.15) is 16.3 Å². The summed E-state index contributed by atoms with van der Waals surface area (Å²) in [5.41, 5.74) is 7.76. The van der Waals surface area contributed by atoms with Crippen LogP contribution in [0.25, 0.3) is 22.3 Å². The number of carbonyl (C=O) groups is 1. The van der Waals surface area contributed by atoms with Gasteiger partial charge in [0.2, 0.25) is 22.4 Å². The number of nitrogens with one attached hydrogen (secondary N) is 1. The van der Waals surface area contributed by atoms with Gasteiger partial charge in [0.1, 0.15) is 0 Å². The van der Waals surface area contributed by atoms with E-state index in [2.05, 4.69) is 19.9 Å². The molecule has 0 aliphatic carbocycles. The summed E-state index contributed by atoms with van der Waals surface area (Å²) in [5, 5.41) is 12.7. The number of rotatable bonds is 5. The summed E-state index contributed by atoms with van der Waals surface area (Å²) in [6.07, 6.45) is 2.80. The van der Waals surface area contributed by atoms with Gasteiger partial charge in [0.15, 0.2) is 0 Å². The Labute approximate surface area is 211 Å². The van der Waals surface area contributed by atoms with Gasteiger partial charge in [-0.3, -0.25) is 4.79 Å². The van der Waals surface area contributed by atoms with E-state index in [-0.39, 0.29) is 43.7 Å². The highest BCUT2D eigenvalue weighted by Crippen LogP contribution is 2.22. The molecule has 1 amide bonds. The van der Waals surface area contributed by atoms with Crippen molar-refractivity contribution in [3.8, 4) is 11.3 Å². The number of hydrogen-bond acceptors (Lipinski definition) is 8. The SMILES string of the molecule is NCc1cccc(-c2cnc(C(=O)N3CCN(S(=O)(=O)c4nc5cc(Cl)ccc5[nH]4)CC3)nc2)[n+]1[O-]. The molecule has 0 atom stereocenters. The average Bonchev–Trinajstić information content (AvgIpc) is 3.33. The molecule has 4 heterocycles. The lowest BCUT2D eigenvalue weighted by Gasteiger charge is -2.33. The number of piperazine rings is 1. The maximum absolute atomic E-state index is 13.1. The van der Waals surface area contributed by atoms with Crippen LogP contribution in [0.2, 0.25) is 5.02 Å². The predicted octanol–water partition coefficient (Wildman–Crippen LogP) is 0.912. The van der Waals surface area contributed by atoms with Gasteiger partial charge in [-0.1, -0.05) is 11.6 Å². The molecule has 3 N–H and O–H groups in total. The molecule has 1 aliphatic rings. The van der Waals surface area contributed by atoms with E-state index in [9.17, 15) is 18.4 Å². The van der Waals surface area contributed by atoms with Gasteiger partial charge in [0.25, 0.3) is 15.9 Å². The minimum Gasteiger partial charge on any atom is -0.618 e. The Morgan fingerprint density at radius 2 is 1.86 bits per heavy atom. The number of hydrogen-bond donors (Lipinski definition) is 2. The number of nitrogens with zero attached hydrogens (tertiary/aromatic N) is 6. The zero-order valence-corrected chi connectivity index (χ0v) is 20.4. The summed E-state index contributed by atoms with van der Waals surface area (Å²) in [7, 11) is -3.88. The molecule has 4 aromatic rings. The summed E-state index contributed by atoms with van der Waals surface area (Å²) < 4.78 is 28.1. The van der Waals surface area contributed by atoms with Gasteiger partial charge < -0.3 is 20.8 Å². The molecule has 1 aromatic carbocycles. The van der Waals surface area contributed by atoms with E-state index >= 15 is 0 Å². The summed E-state index contributed by atoms with van der Waals surface area (Å²) >= 11 is 5.97. The number of nitrogens with two attached hydrogens (primary N) is 1. The molecule has 14 heteroatoms. The quantitative estimate of drug-likeness (QED) is 0.285. The fourth-order valence-electron chi connectivity index (χ4n) is 3.95. The smallest absolute Gasteiger partial charge is 0.291 e. The molecule has 3 aromatic heterocycles. The molecule has 12 nitrogen and oxygen atoms in total. The maximum atomic E-state index is 13.1. The van der Waals surface area contributed by atoms with Gasteiger partial charge in [-0.25, -0.2) is 23.4 Å². The molecule has 0 unspecified atom stereocenters. The highest BCUT2D eigenvalue weighted by Gasteiger charge is 2.33. The van der Waals surface area contributed by atoms with E-state index in [0.717, 1.165) is 0 Å². The Morgan fingerprint density at radius 3 is 2.56 bits per heavy atom. The van der Waals surface area contributed by atoms with E-state index in [1.165, 1.54) is 21.6 Å². The topological polar surface area (TPSA) is 165 Å². The lowest BCUT2D eigenvalue weighted by Crippen LogP contribution is -2.50. The van der Waals surface area contributed by atoms with Crippen molar-refractivity contribution in [1.82, 2.24) is 29.1 Å². The number of imidazole rings is 1. The predicted molar refractivity (Wildman–Crippen MR) is 130 cm³/mol. The second-order valence-corrected chi connectivity index (χ2v) is 10.4. The highest BCUT2D eigenvalue weighted by atomic mass is 35.5. The molecular formula is C22H21ClN8O4S. The van der Waals surface area contributed by atoms with Crippen molar-refractivity contribution in [2.24, 2.45) is 5.73 Å². The highest BCUT2D eigenvalue weighted by molar-refractivity contribution is 7.89. The summed E-state index contributed by atoms with van der Waals surface area (Å²) in [4.78, 5) is 29.6. The van der Waals surface area contributed by atoms with Gasteiger partial charge in [-0.15, -0.1) is 0 Å². The first-order chi connectivity index (χ1) is 17.3. The van der Waals surface area contributed by atoms with Gasteiger partial charge in [-0.2, -0.15) is 9.04 Å². The second-order valence-electron chi connectivity index (χ2n) is 8.10. The van der Waals surface area contributed by atoms with Crippen molar-refractivity contribution in [3.63, 3.8) is 0 Å². The van der Waals surface area contributed by atoms with Crippen LogP contribution in [0.15, 0.2) is 53.9 Å². The normalized spacial score (nSPS) is 14.9. The largest absolute Gasteiger partial charge is 0.618 e. The molecule has 0 saturated carbocycles. The van der Waals surface area contributed by atoms with Crippen molar-refractivity contribution >= 4 is 38.6 Å². The van der Waals surface area contributed by atoms with Gasteiger partial charge in [-0.05, 0) is 24.3 Å². The second kappa shape index (κ2) is 9.43. The van der Waals surface area contributed by atoms with Crippen molar-refractivity contribution in [2.45, 2.75) is 11.7 Å². The van der Waals surface area contributed by atoms with Crippen molar-refractivity contribution in [2.75, 3.05) is 26.2 Å². The zero-order chi connectivity index (χ0) is 25.4. The molecule has 36 heavy (non-hydrogen) atoms. The number of amides is 1. The minimum atomic E-state index is -3.88. The van der Waals surface area contributed by atoms with Crippen LogP contribution in [0.5, 0.6) is 0 Å². The van der Waals surface area contributed by atoms with Gasteiger partial charge in [0, 0.05) is 55.7 Å². The molecule has 0 bridgehead atoms. The van der Waals surface area contributed by atoms with E-state index < -0.39 is 15.9 Å². The molecule has 0 radical (unpaired) electrons. The zero-order valence-electron chi connectivity index (χ0n) is 18.8. The number of fused-ring (bicyclic) bond motifs is 1. The Hall–Kier alpha value is -3.65. The molecule has 186 valence electrons. The fourth-order valence-corrected chi connectivity index (χ4v) is 5.46. The monoisotopic (exact) mass is 528 g/mol. The molecule has 1 fully saturated rings. The summed E-state index contributed by atoms with van der Waals surface area (Å²) in [6.45, 7) is 0.585. The van der Waals surface area contributed by atoms with E-state index in [1.807, 2.05) is 0 Å². The van der Waals surface area contributed by atoms with Gasteiger partial charge in [0.05, 0.1) is 23.1 Å². The first-order valence-electron chi connectivity index (χ1n) is 11.0. The fraction of sp³-hybridized carbons (Fsp3) is 0.227. The number of aromatic nitrogens is 5. The number of carbonyl (C=O) groups excluding carboxylic acids is 1. The maximum Gasteiger partial charge on any atom is 0.291 e. The lowest BCUT2D eigenvalue weighted by atomic mass is 10.2. The minimum absolute atomic E-state index is 0.0448. The van der Waals surface area contributed by atoms with Crippen molar-refractivity contribution < 1.29 is 17.9 Å². The molecular weight excluding hydrogens is 508 g/mol. The lowest BCUT2D eigenvalue weighted by molar-refractivity contribution is -0.602. The van der Waals surface area contributed by atoms with Crippen LogP contribution in [0, 0.1) is 5.21 Å². The number of H-pyrrole nitrogens is 1. The Morgan fingerprint density at radius 1 is 1.14 bits per heavy atom. The number of halogens is 1. The first-order valence-corrected chi connectivity index (χ1v) is 12.8.